The summed E-state index contributed by atoms with van der Waals surface area (Å²) in [5, 5.41) is 2.75. The first-order chi connectivity index (χ1) is 11.2. The van der Waals surface area contributed by atoms with Gasteiger partial charge in [0.2, 0.25) is 0 Å². The van der Waals surface area contributed by atoms with E-state index in [4.69, 9.17) is 5.73 Å². The van der Waals surface area contributed by atoms with Crippen LogP contribution < -0.4 is 10.6 Å². The van der Waals surface area contributed by atoms with Crippen LogP contribution in [0.25, 0.3) is 0 Å². The smallest absolute Gasteiger partial charge is 0.273 e. The summed E-state index contributed by atoms with van der Waals surface area (Å²) in [5.74, 6) is 0.951. The van der Waals surface area contributed by atoms with E-state index in [0.717, 1.165) is 34.8 Å². The van der Waals surface area contributed by atoms with Gasteiger partial charge in [-0.25, -0.2) is 9.97 Å². The van der Waals surface area contributed by atoms with Crippen LogP contribution in [0.1, 0.15) is 15.5 Å². The van der Waals surface area contributed by atoms with E-state index >= 15 is 0 Å². The molecule has 0 spiro atoms. The lowest BCUT2D eigenvalue weighted by atomic mass is 10.2. The summed E-state index contributed by atoms with van der Waals surface area (Å²) in [6.45, 7) is 3.47. The van der Waals surface area contributed by atoms with E-state index in [2.05, 4.69) is 30.8 Å². The summed E-state index contributed by atoms with van der Waals surface area (Å²) in [4.78, 5) is 25.3. The monoisotopic (exact) mass is 467 g/mol. The lowest BCUT2D eigenvalue weighted by Gasteiger charge is -2.35. The molecule has 10 heteroatoms. The Kier molecular flexibility index (Phi) is 9.09. The molecule has 0 aromatic carbocycles. The number of amides is 1. The molecule has 3 rings (SSSR count). The van der Waals surface area contributed by atoms with Gasteiger partial charge in [0.05, 0.1) is 5.01 Å². The third-order valence-corrected chi connectivity index (χ3v) is 5.11. The standard InChI is InChI=1S/C15H18BrN5OS.2ClH/c16-11-1-2-13(18-9-11)20-5-7-21(8-6-20)15(22)12-10-23-14(19-12)3-4-17;;/h1-2,9-10H,3-8,17H2;2*1H. The van der Waals surface area contributed by atoms with Gasteiger partial charge in [-0.1, -0.05) is 0 Å². The molecule has 0 atom stereocenters. The van der Waals surface area contributed by atoms with Gasteiger partial charge in [-0.05, 0) is 34.6 Å². The highest BCUT2D eigenvalue weighted by Gasteiger charge is 2.24. The molecule has 2 aromatic rings. The van der Waals surface area contributed by atoms with Crippen molar-refractivity contribution >= 4 is 63.8 Å². The topological polar surface area (TPSA) is 75.3 Å². The summed E-state index contributed by atoms with van der Waals surface area (Å²) in [5.41, 5.74) is 6.06. The third kappa shape index (κ3) is 5.52. The minimum Gasteiger partial charge on any atom is -0.353 e. The number of carbonyl (C=O) groups excluding carboxylic acids is 1. The van der Waals surface area contributed by atoms with Gasteiger partial charge in [-0.3, -0.25) is 4.79 Å². The number of carbonyl (C=O) groups is 1. The van der Waals surface area contributed by atoms with Crippen molar-refractivity contribution in [3.8, 4) is 0 Å². The molecule has 3 heterocycles. The molecule has 1 aliphatic heterocycles. The summed E-state index contributed by atoms with van der Waals surface area (Å²) in [6, 6.07) is 3.97. The van der Waals surface area contributed by atoms with Gasteiger partial charge in [-0.2, -0.15) is 0 Å². The van der Waals surface area contributed by atoms with Gasteiger partial charge in [0, 0.05) is 48.6 Å². The lowest BCUT2D eigenvalue weighted by Crippen LogP contribution is -2.49. The number of rotatable bonds is 4. The number of hydrogen-bond acceptors (Lipinski definition) is 6. The van der Waals surface area contributed by atoms with Gasteiger partial charge in [0.25, 0.3) is 5.91 Å². The number of nitrogens with two attached hydrogens (primary N) is 1. The summed E-state index contributed by atoms with van der Waals surface area (Å²) >= 11 is 4.89. The van der Waals surface area contributed by atoms with Gasteiger partial charge in [0.1, 0.15) is 11.5 Å². The number of nitrogens with zero attached hydrogens (tertiary/aromatic N) is 4. The zero-order chi connectivity index (χ0) is 16.2. The van der Waals surface area contributed by atoms with Crippen LogP contribution in [0.15, 0.2) is 28.2 Å². The average Bonchev–Trinajstić information content (AvgIpc) is 3.04. The quantitative estimate of drug-likeness (QED) is 0.746. The number of thiazole rings is 1. The van der Waals surface area contributed by atoms with Crippen molar-refractivity contribution in [2.45, 2.75) is 6.42 Å². The highest BCUT2D eigenvalue weighted by atomic mass is 79.9. The van der Waals surface area contributed by atoms with E-state index in [-0.39, 0.29) is 30.7 Å². The van der Waals surface area contributed by atoms with E-state index in [1.54, 1.807) is 6.20 Å². The van der Waals surface area contributed by atoms with E-state index in [1.165, 1.54) is 11.3 Å². The molecule has 1 aliphatic rings. The summed E-state index contributed by atoms with van der Waals surface area (Å²) < 4.78 is 0.965. The second-order valence-corrected chi connectivity index (χ2v) is 7.14. The number of aromatic nitrogens is 2. The third-order valence-electron chi connectivity index (χ3n) is 3.73. The summed E-state index contributed by atoms with van der Waals surface area (Å²) in [7, 11) is 0. The fraction of sp³-hybridized carbons (Fsp3) is 0.400. The van der Waals surface area contributed by atoms with Crippen LogP contribution in [-0.2, 0) is 6.42 Å². The molecule has 2 N–H and O–H groups in total. The number of piperazine rings is 1. The number of anilines is 1. The van der Waals surface area contributed by atoms with Crippen molar-refractivity contribution in [2.24, 2.45) is 5.73 Å². The van der Waals surface area contributed by atoms with Gasteiger partial charge in [0.15, 0.2) is 0 Å². The second kappa shape index (κ2) is 10.3. The molecule has 1 fully saturated rings. The van der Waals surface area contributed by atoms with Crippen LogP contribution in [0.2, 0.25) is 0 Å². The van der Waals surface area contributed by atoms with E-state index < -0.39 is 0 Å². The maximum Gasteiger partial charge on any atom is 0.273 e. The van der Waals surface area contributed by atoms with Crippen molar-refractivity contribution in [3.05, 3.63) is 38.9 Å². The van der Waals surface area contributed by atoms with E-state index in [9.17, 15) is 4.79 Å². The molecule has 0 radical (unpaired) electrons. The molecule has 6 nitrogen and oxygen atoms in total. The Morgan fingerprint density at radius 1 is 1.24 bits per heavy atom. The van der Waals surface area contributed by atoms with Crippen LogP contribution in [0.4, 0.5) is 5.82 Å². The zero-order valence-corrected chi connectivity index (χ0v) is 17.5. The van der Waals surface area contributed by atoms with Crippen LogP contribution >= 0.6 is 52.1 Å². The maximum absolute atomic E-state index is 12.5. The predicted molar refractivity (Wildman–Crippen MR) is 109 cm³/mol. The Bertz CT molecular complexity index is 677. The van der Waals surface area contributed by atoms with Crippen molar-refractivity contribution in [1.29, 1.82) is 0 Å². The zero-order valence-electron chi connectivity index (χ0n) is 13.4. The Morgan fingerprint density at radius 3 is 2.56 bits per heavy atom. The highest BCUT2D eigenvalue weighted by Crippen LogP contribution is 2.18. The largest absolute Gasteiger partial charge is 0.353 e. The van der Waals surface area contributed by atoms with Gasteiger partial charge in [-0.15, -0.1) is 36.2 Å². The fourth-order valence-corrected chi connectivity index (χ4v) is 3.53. The first kappa shape index (κ1) is 22.1. The molecule has 0 saturated carbocycles. The lowest BCUT2D eigenvalue weighted by molar-refractivity contribution is 0.0741. The molecule has 25 heavy (non-hydrogen) atoms. The van der Waals surface area contributed by atoms with Crippen LogP contribution in [0.5, 0.6) is 0 Å². The second-order valence-electron chi connectivity index (χ2n) is 5.28. The minimum absolute atomic E-state index is 0. The molecule has 2 aromatic heterocycles. The Morgan fingerprint density at radius 2 is 1.96 bits per heavy atom. The molecular formula is C15H20BrCl2N5OS. The van der Waals surface area contributed by atoms with Crippen molar-refractivity contribution in [1.82, 2.24) is 14.9 Å². The molecule has 138 valence electrons. The Hall–Kier alpha value is -0.930. The molecule has 0 unspecified atom stereocenters. The molecule has 1 amide bonds. The fourth-order valence-electron chi connectivity index (χ4n) is 2.50. The van der Waals surface area contributed by atoms with Crippen molar-refractivity contribution in [3.63, 3.8) is 0 Å². The molecule has 0 aliphatic carbocycles. The SMILES string of the molecule is Cl.Cl.NCCc1nc(C(=O)N2CCN(c3ccc(Br)cn3)CC2)cs1. The first-order valence-corrected chi connectivity index (χ1v) is 9.15. The van der Waals surface area contributed by atoms with Crippen molar-refractivity contribution in [2.75, 3.05) is 37.6 Å². The highest BCUT2D eigenvalue weighted by molar-refractivity contribution is 9.10. The molecule has 1 saturated heterocycles. The van der Waals surface area contributed by atoms with Crippen LogP contribution in [0, 0.1) is 0 Å². The van der Waals surface area contributed by atoms with Crippen LogP contribution in [0.3, 0.4) is 0 Å². The number of hydrogen-bond donors (Lipinski definition) is 1. The number of halogens is 3. The van der Waals surface area contributed by atoms with E-state index in [0.29, 0.717) is 25.3 Å². The maximum atomic E-state index is 12.5. The Balaban J connectivity index is 0.00000156. The predicted octanol–water partition coefficient (Wildman–Crippen LogP) is 2.61. The number of pyridine rings is 1. The van der Waals surface area contributed by atoms with E-state index in [1.807, 2.05) is 22.4 Å². The first-order valence-electron chi connectivity index (χ1n) is 7.47. The average molecular weight is 469 g/mol. The van der Waals surface area contributed by atoms with Crippen LogP contribution in [-0.4, -0.2) is 53.5 Å². The minimum atomic E-state index is 0. The molecular weight excluding hydrogens is 449 g/mol. The summed E-state index contributed by atoms with van der Waals surface area (Å²) in [6.07, 6.45) is 2.52. The molecule has 0 bridgehead atoms. The Labute approximate surface area is 171 Å². The van der Waals surface area contributed by atoms with Gasteiger partial charge >= 0.3 is 0 Å². The van der Waals surface area contributed by atoms with Gasteiger partial charge < -0.3 is 15.5 Å². The van der Waals surface area contributed by atoms with Crippen molar-refractivity contribution < 1.29 is 4.79 Å². The normalized spacial score (nSPS) is 13.8.